The van der Waals surface area contributed by atoms with Crippen LogP contribution in [0.15, 0.2) is 29.8 Å². The molecule has 0 radical (unpaired) electrons. The number of hydrogen-bond acceptors (Lipinski definition) is 1. The van der Waals surface area contributed by atoms with Crippen LogP contribution in [0, 0.1) is 12.7 Å². The summed E-state index contributed by atoms with van der Waals surface area (Å²) in [4.78, 5) is 0. The first-order chi connectivity index (χ1) is 9.20. The maximum atomic E-state index is 13.5. The second-order valence-corrected chi connectivity index (χ2v) is 5.42. The van der Waals surface area contributed by atoms with Crippen LogP contribution in [0.3, 0.4) is 0 Å². The number of allylic oxidation sites excluding steroid dienone is 1. The Morgan fingerprint density at radius 1 is 1.32 bits per heavy atom. The normalized spacial score (nSPS) is 17.1. The minimum absolute atomic E-state index is 0.138. The maximum absolute atomic E-state index is 13.5. The summed E-state index contributed by atoms with van der Waals surface area (Å²) in [6.45, 7) is 5.08. The predicted molar refractivity (Wildman–Crippen MR) is 78.7 cm³/mol. The van der Waals surface area contributed by atoms with Gasteiger partial charge in [-0.05, 0) is 68.8 Å². The van der Waals surface area contributed by atoms with Gasteiger partial charge >= 0.3 is 0 Å². The summed E-state index contributed by atoms with van der Waals surface area (Å²) in [5.41, 5.74) is 3.80. The van der Waals surface area contributed by atoms with Gasteiger partial charge in [0, 0.05) is 6.04 Å². The fourth-order valence-electron chi connectivity index (χ4n) is 2.88. The summed E-state index contributed by atoms with van der Waals surface area (Å²) in [5, 5.41) is 3.51. The molecule has 0 heterocycles. The molecule has 19 heavy (non-hydrogen) atoms. The van der Waals surface area contributed by atoms with Crippen LogP contribution in [-0.4, -0.2) is 6.54 Å². The Labute approximate surface area is 115 Å². The van der Waals surface area contributed by atoms with Crippen molar-refractivity contribution >= 4 is 0 Å². The number of aryl methyl sites for hydroxylation is 1. The summed E-state index contributed by atoms with van der Waals surface area (Å²) >= 11 is 0. The Morgan fingerprint density at radius 3 is 2.84 bits per heavy atom. The standard InChI is InChI=1S/C17H24FN/c1-3-19-17(11-14-7-5-4-6-8-14)16-12-15(18)10-9-13(16)2/h7,9-10,12,17,19H,3-6,8,11H2,1-2H3. The summed E-state index contributed by atoms with van der Waals surface area (Å²) in [6, 6.07) is 5.35. The van der Waals surface area contributed by atoms with Crippen LogP contribution in [-0.2, 0) is 0 Å². The van der Waals surface area contributed by atoms with E-state index in [1.165, 1.54) is 36.8 Å². The lowest BCUT2D eigenvalue weighted by Crippen LogP contribution is -2.22. The molecule has 1 aromatic rings. The van der Waals surface area contributed by atoms with Crippen molar-refractivity contribution in [2.45, 2.75) is 52.0 Å². The zero-order valence-electron chi connectivity index (χ0n) is 12.0. The zero-order valence-corrected chi connectivity index (χ0v) is 12.0. The molecule has 2 heteroatoms. The van der Waals surface area contributed by atoms with Crippen molar-refractivity contribution in [2.24, 2.45) is 0 Å². The molecule has 1 aromatic carbocycles. The van der Waals surface area contributed by atoms with Crippen molar-refractivity contribution in [1.82, 2.24) is 5.32 Å². The smallest absolute Gasteiger partial charge is 0.123 e. The maximum Gasteiger partial charge on any atom is 0.123 e. The molecule has 1 nitrogen and oxygen atoms in total. The Morgan fingerprint density at radius 2 is 2.16 bits per heavy atom. The first kappa shape index (κ1) is 14.3. The van der Waals surface area contributed by atoms with Gasteiger partial charge in [0.2, 0.25) is 0 Å². The van der Waals surface area contributed by atoms with Gasteiger partial charge in [-0.25, -0.2) is 4.39 Å². The van der Waals surface area contributed by atoms with Crippen LogP contribution in [0.2, 0.25) is 0 Å². The molecule has 1 aliphatic carbocycles. The molecule has 0 amide bonds. The molecule has 0 saturated carbocycles. The first-order valence-electron chi connectivity index (χ1n) is 7.38. The summed E-state index contributed by atoms with van der Waals surface area (Å²) in [5.74, 6) is -0.138. The SMILES string of the molecule is CCNC(CC1=CCCCC1)c1cc(F)ccc1C. The van der Waals surface area contributed by atoms with Gasteiger partial charge in [-0.3, -0.25) is 0 Å². The second kappa shape index (κ2) is 6.85. The summed E-state index contributed by atoms with van der Waals surface area (Å²) in [7, 11) is 0. The van der Waals surface area contributed by atoms with Crippen LogP contribution >= 0.6 is 0 Å². The number of hydrogen-bond donors (Lipinski definition) is 1. The van der Waals surface area contributed by atoms with Crippen LogP contribution in [0.25, 0.3) is 0 Å². The quantitative estimate of drug-likeness (QED) is 0.759. The second-order valence-electron chi connectivity index (χ2n) is 5.42. The minimum atomic E-state index is -0.138. The van der Waals surface area contributed by atoms with Crippen molar-refractivity contribution in [3.63, 3.8) is 0 Å². The van der Waals surface area contributed by atoms with Crippen LogP contribution < -0.4 is 5.32 Å². The summed E-state index contributed by atoms with van der Waals surface area (Å²) < 4.78 is 13.5. The van der Waals surface area contributed by atoms with E-state index in [1.807, 2.05) is 6.07 Å². The Bertz CT molecular complexity index is 451. The molecule has 1 atom stereocenters. The molecule has 1 aliphatic rings. The van der Waals surface area contributed by atoms with Crippen molar-refractivity contribution in [3.05, 3.63) is 46.8 Å². The monoisotopic (exact) mass is 261 g/mol. The van der Waals surface area contributed by atoms with Crippen molar-refractivity contribution in [3.8, 4) is 0 Å². The van der Waals surface area contributed by atoms with E-state index in [2.05, 4.69) is 25.2 Å². The Kier molecular flexibility index (Phi) is 5.15. The number of rotatable bonds is 5. The third-order valence-electron chi connectivity index (χ3n) is 3.92. The third kappa shape index (κ3) is 3.90. The minimum Gasteiger partial charge on any atom is -0.310 e. The van der Waals surface area contributed by atoms with E-state index < -0.39 is 0 Å². The summed E-state index contributed by atoms with van der Waals surface area (Å²) in [6.07, 6.45) is 8.41. The molecule has 104 valence electrons. The lowest BCUT2D eigenvalue weighted by Gasteiger charge is -2.23. The highest BCUT2D eigenvalue weighted by Gasteiger charge is 2.16. The van der Waals surface area contributed by atoms with E-state index in [1.54, 1.807) is 12.1 Å². The van der Waals surface area contributed by atoms with Gasteiger partial charge in [-0.2, -0.15) is 0 Å². The lowest BCUT2D eigenvalue weighted by molar-refractivity contribution is 0.520. The molecule has 0 spiro atoms. The highest BCUT2D eigenvalue weighted by atomic mass is 19.1. The van der Waals surface area contributed by atoms with Gasteiger partial charge in [0.05, 0.1) is 0 Å². The molecule has 0 bridgehead atoms. The van der Waals surface area contributed by atoms with Crippen molar-refractivity contribution < 1.29 is 4.39 Å². The zero-order chi connectivity index (χ0) is 13.7. The van der Waals surface area contributed by atoms with E-state index in [0.29, 0.717) is 0 Å². The molecule has 2 rings (SSSR count). The largest absolute Gasteiger partial charge is 0.310 e. The third-order valence-corrected chi connectivity index (χ3v) is 3.92. The predicted octanol–water partition coefficient (Wildman–Crippen LogP) is 4.68. The fourth-order valence-corrected chi connectivity index (χ4v) is 2.88. The molecular formula is C17H24FN. The van der Waals surface area contributed by atoms with Gasteiger partial charge in [-0.1, -0.05) is 24.6 Å². The lowest BCUT2D eigenvalue weighted by atomic mass is 9.90. The van der Waals surface area contributed by atoms with Gasteiger partial charge in [-0.15, -0.1) is 0 Å². The fraction of sp³-hybridized carbons (Fsp3) is 0.529. The van der Waals surface area contributed by atoms with E-state index in [9.17, 15) is 4.39 Å². The average molecular weight is 261 g/mol. The highest BCUT2D eigenvalue weighted by Crippen LogP contribution is 2.29. The van der Waals surface area contributed by atoms with Gasteiger partial charge in [0.1, 0.15) is 5.82 Å². The first-order valence-corrected chi connectivity index (χ1v) is 7.38. The molecule has 1 N–H and O–H groups in total. The van der Waals surface area contributed by atoms with Crippen LogP contribution in [0.5, 0.6) is 0 Å². The molecule has 0 aromatic heterocycles. The molecule has 0 aliphatic heterocycles. The van der Waals surface area contributed by atoms with Crippen LogP contribution in [0.4, 0.5) is 4.39 Å². The highest BCUT2D eigenvalue weighted by molar-refractivity contribution is 5.31. The van der Waals surface area contributed by atoms with Crippen LogP contribution in [0.1, 0.15) is 56.2 Å². The van der Waals surface area contributed by atoms with E-state index in [0.717, 1.165) is 18.5 Å². The van der Waals surface area contributed by atoms with E-state index in [4.69, 9.17) is 0 Å². The topological polar surface area (TPSA) is 12.0 Å². The van der Waals surface area contributed by atoms with E-state index >= 15 is 0 Å². The molecule has 1 unspecified atom stereocenters. The molecular weight excluding hydrogens is 237 g/mol. The van der Waals surface area contributed by atoms with Gasteiger partial charge in [0.25, 0.3) is 0 Å². The molecule has 0 fully saturated rings. The average Bonchev–Trinajstić information content (AvgIpc) is 2.42. The van der Waals surface area contributed by atoms with Gasteiger partial charge < -0.3 is 5.32 Å². The van der Waals surface area contributed by atoms with Gasteiger partial charge in [0.15, 0.2) is 0 Å². The Balaban J connectivity index is 2.18. The van der Waals surface area contributed by atoms with Crippen molar-refractivity contribution in [1.29, 1.82) is 0 Å². The molecule has 0 saturated heterocycles. The number of nitrogens with one attached hydrogen (secondary N) is 1. The Hall–Kier alpha value is -1.15. The number of benzene rings is 1. The van der Waals surface area contributed by atoms with E-state index in [-0.39, 0.29) is 11.9 Å². The number of halogens is 1. The van der Waals surface area contributed by atoms with Crippen molar-refractivity contribution in [2.75, 3.05) is 6.54 Å².